The van der Waals surface area contributed by atoms with Crippen LogP contribution in [0.15, 0.2) is 72.9 Å². The molecule has 2 saturated carbocycles. The number of hydrogen-bond acceptors (Lipinski definition) is 5. The van der Waals surface area contributed by atoms with E-state index in [2.05, 4.69) is 15.7 Å². The lowest BCUT2D eigenvalue weighted by Crippen LogP contribution is -2.18. The molecule has 3 aromatic heterocycles. The van der Waals surface area contributed by atoms with Crippen LogP contribution in [0.1, 0.15) is 76.7 Å². The van der Waals surface area contributed by atoms with Crippen LogP contribution in [-0.4, -0.2) is 36.4 Å². The van der Waals surface area contributed by atoms with Crippen molar-refractivity contribution in [2.24, 2.45) is 0 Å². The zero-order valence-corrected chi connectivity index (χ0v) is 22.2. The summed E-state index contributed by atoms with van der Waals surface area (Å²) in [5, 5.41) is 16.1. The molecule has 9 heteroatoms. The normalized spacial score (nSPS) is 14.8. The molecular formula is C31H29N7O2. The van der Waals surface area contributed by atoms with Crippen molar-refractivity contribution in [3.05, 3.63) is 95.6 Å². The molecule has 2 fully saturated rings. The van der Waals surface area contributed by atoms with Gasteiger partial charge < -0.3 is 10.6 Å². The van der Waals surface area contributed by atoms with Crippen LogP contribution in [0.4, 0.5) is 11.4 Å². The van der Waals surface area contributed by atoms with Crippen molar-refractivity contribution in [2.45, 2.75) is 51.0 Å². The molecule has 0 spiro atoms. The fraction of sp³-hybridized carbons (Fsp3) is 0.258. The zero-order chi connectivity index (χ0) is 27.2. The van der Waals surface area contributed by atoms with Gasteiger partial charge in [-0.3, -0.25) is 14.3 Å². The summed E-state index contributed by atoms with van der Waals surface area (Å²) in [7, 11) is 0. The van der Waals surface area contributed by atoms with E-state index in [1.165, 1.54) is 0 Å². The van der Waals surface area contributed by atoms with Gasteiger partial charge in [0.2, 0.25) is 0 Å². The van der Waals surface area contributed by atoms with Gasteiger partial charge in [-0.1, -0.05) is 36.4 Å². The Kier molecular flexibility index (Phi) is 5.91. The Labute approximate surface area is 231 Å². The number of aromatic nitrogens is 5. The van der Waals surface area contributed by atoms with Crippen molar-refractivity contribution in [3.63, 3.8) is 0 Å². The first-order valence-corrected chi connectivity index (χ1v) is 13.8. The molecule has 0 unspecified atom stereocenters. The van der Waals surface area contributed by atoms with Gasteiger partial charge in [-0.15, -0.1) is 0 Å². The molecule has 2 aliphatic carbocycles. The Balaban J connectivity index is 1.31. The molecule has 2 aromatic carbocycles. The molecule has 0 atom stereocenters. The summed E-state index contributed by atoms with van der Waals surface area (Å²) in [6.45, 7) is 2.49. The Bertz CT molecular complexity index is 1730. The van der Waals surface area contributed by atoms with Crippen molar-refractivity contribution in [1.82, 2.24) is 24.5 Å². The van der Waals surface area contributed by atoms with Gasteiger partial charge in [0.15, 0.2) is 11.3 Å². The number of fused-ring (bicyclic) bond motifs is 1. The van der Waals surface area contributed by atoms with Crippen LogP contribution < -0.4 is 10.6 Å². The largest absolute Gasteiger partial charge is 0.321 e. The van der Waals surface area contributed by atoms with Crippen LogP contribution >= 0.6 is 0 Å². The third-order valence-electron chi connectivity index (χ3n) is 7.47. The first kappa shape index (κ1) is 24.3. The molecule has 9 nitrogen and oxygen atoms in total. The molecule has 0 bridgehead atoms. The lowest BCUT2D eigenvalue weighted by atomic mass is 10.0. The van der Waals surface area contributed by atoms with Crippen LogP contribution in [0.2, 0.25) is 0 Å². The number of benzene rings is 2. The Hall–Kier alpha value is -4.79. The summed E-state index contributed by atoms with van der Waals surface area (Å²) in [6.07, 6.45) is 5.90. The average Bonchev–Trinajstić information content (AvgIpc) is 3.93. The molecule has 2 aliphatic rings. The van der Waals surface area contributed by atoms with Crippen LogP contribution in [0.25, 0.3) is 16.7 Å². The fourth-order valence-electron chi connectivity index (χ4n) is 5.06. The van der Waals surface area contributed by atoms with E-state index in [-0.39, 0.29) is 17.5 Å². The number of hydrogen-bond donors (Lipinski definition) is 2. The van der Waals surface area contributed by atoms with E-state index < -0.39 is 0 Å². The zero-order valence-electron chi connectivity index (χ0n) is 22.2. The Morgan fingerprint density at radius 3 is 2.25 bits per heavy atom. The first-order chi connectivity index (χ1) is 19.6. The minimum atomic E-state index is -0.386. The third kappa shape index (κ3) is 4.53. The van der Waals surface area contributed by atoms with Gasteiger partial charge in [0, 0.05) is 36.0 Å². The summed E-state index contributed by atoms with van der Waals surface area (Å²) in [6, 6.07) is 21.1. The van der Waals surface area contributed by atoms with Crippen LogP contribution in [0.3, 0.4) is 0 Å². The summed E-state index contributed by atoms with van der Waals surface area (Å²) < 4.78 is 3.52. The van der Waals surface area contributed by atoms with Gasteiger partial charge in [-0.25, -0.2) is 9.67 Å². The molecule has 0 aliphatic heterocycles. The maximum absolute atomic E-state index is 14.1. The SMILES string of the molecule is CCn1cc(NC(=O)c2cc(C3CC3)nc3c2c(C2CC2)nn3-c2ccccc2)c(C(=O)Nc2ccccc2)n1. The van der Waals surface area contributed by atoms with Gasteiger partial charge in [-0.2, -0.15) is 10.2 Å². The van der Waals surface area contributed by atoms with Gasteiger partial charge in [0.25, 0.3) is 11.8 Å². The van der Waals surface area contributed by atoms with E-state index >= 15 is 0 Å². The number of aryl methyl sites for hydroxylation is 1. The van der Waals surface area contributed by atoms with E-state index in [9.17, 15) is 9.59 Å². The number of pyridine rings is 1. The molecule has 7 rings (SSSR count). The number of anilines is 2. The van der Waals surface area contributed by atoms with Crippen molar-refractivity contribution < 1.29 is 9.59 Å². The summed E-state index contributed by atoms with van der Waals surface area (Å²) in [4.78, 5) is 32.3. The van der Waals surface area contributed by atoms with Gasteiger partial charge in [0.05, 0.1) is 28.0 Å². The van der Waals surface area contributed by atoms with Crippen molar-refractivity contribution >= 4 is 34.2 Å². The molecule has 40 heavy (non-hydrogen) atoms. The second kappa shape index (κ2) is 9.75. The van der Waals surface area contributed by atoms with Crippen LogP contribution in [0, 0.1) is 0 Å². The molecule has 0 saturated heterocycles. The van der Waals surface area contributed by atoms with Crippen molar-refractivity contribution in [1.29, 1.82) is 0 Å². The molecule has 200 valence electrons. The molecule has 2 N–H and O–H groups in total. The molecule has 0 radical (unpaired) electrons. The number of carbonyl (C=O) groups is 2. The highest BCUT2D eigenvalue weighted by atomic mass is 16.2. The summed E-state index contributed by atoms with van der Waals surface area (Å²) >= 11 is 0. The topological polar surface area (TPSA) is 107 Å². The molecule has 2 amide bonds. The number of nitrogens with zero attached hydrogens (tertiary/aromatic N) is 5. The predicted molar refractivity (Wildman–Crippen MR) is 153 cm³/mol. The molecular weight excluding hydrogens is 502 g/mol. The second-order valence-electron chi connectivity index (χ2n) is 10.5. The van der Waals surface area contributed by atoms with E-state index in [0.717, 1.165) is 48.1 Å². The third-order valence-corrected chi connectivity index (χ3v) is 7.47. The van der Waals surface area contributed by atoms with E-state index in [4.69, 9.17) is 10.1 Å². The number of rotatable bonds is 8. The summed E-state index contributed by atoms with van der Waals surface area (Å²) in [5.41, 5.74) is 5.14. The Morgan fingerprint density at radius 2 is 1.57 bits per heavy atom. The van der Waals surface area contributed by atoms with Gasteiger partial charge in [-0.05, 0) is 62.9 Å². The Morgan fingerprint density at radius 1 is 0.875 bits per heavy atom. The second-order valence-corrected chi connectivity index (χ2v) is 10.5. The maximum Gasteiger partial charge on any atom is 0.278 e. The number of amides is 2. The highest BCUT2D eigenvalue weighted by molar-refractivity contribution is 6.15. The highest BCUT2D eigenvalue weighted by Crippen LogP contribution is 2.45. The smallest absolute Gasteiger partial charge is 0.278 e. The van der Waals surface area contributed by atoms with Crippen molar-refractivity contribution in [2.75, 3.05) is 10.6 Å². The maximum atomic E-state index is 14.1. The van der Waals surface area contributed by atoms with Crippen LogP contribution in [0.5, 0.6) is 0 Å². The number of nitrogens with one attached hydrogen (secondary N) is 2. The van der Waals surface area contributed by atoms with E-state index in [1.54, 1.807) is 10.9 Å². The van der Waals surface area contributed by atoms with Gasteiger partial charge >= 0.3 is 0 Å². The standard InChI is InChI=1S/C31H29N7O2/c1-2-37-18-25(28(35-37)31(40)32-21-9-5-3-6-10-21)34-30(39)23-17-24(19-13-14-19)33-29-26(23)27(20-15-16-20)36-38(29)22-11-7-4-8-12-22/h3-12,17-20H,2,13-16H2,1H3,(H,32,40)(H,34,39). The fourth-order valence-corrected chi connectivity index (χ4v) is 5.06. The molecule has 5 aromatic rings. The van der Waals surface area contributed by atoms with Gasteiger partial charge in [0.1, 0.15) is 0 Å². The minimum Gasteiger partial charge on any atom is -0.321 e. The lowest BCUT2D eigenvalue weighted by Gasteiger charge is -2.10. The summed E-state index contributed by atoms with van der Waals surface area (Å²) in [5.74, 6) is -0.0341. The van der Waals surface area contributed by atoms with Crippen molar-refractivity contribution in [3.8, 4) is 5.69 Å². The molecule has 3 heterocycles. The minimum absolute atomic E-state index is 0.161. The monoisotopic (exact) mass is 531 g/mol. The van der Waals surface area contributed by atoms with E-state index in [1.807, 2.05) is 78.3 Å². The highest BCUT2D eigenvalue weighted by Gasteiger charge is 2.35. The first-order valence-electron chi connectivity index (χ1n) is 13.8. The van der Waals surface area contributed by atoms with E-state index in [0.29, 0.717) is 41.0 Å². The average molecular weight is 532 g/mol. The van der Waals surface area contributed by atoms with Crippen LogP contribution in [-0.2, 0) is 6.54 Å². The lowest BCUT2D eigenvalue weighted by molar-refractivity contribution is 0.102. The number of para-hydroxylation sites is 2. The quantitative estimate of drug-likeness (QED) is 0.259. The predicted octanol–water partition coefficient (Wildman–Crippen LogP) is 5.90. The number of carbonyl (C=O) groups excluding carboxylic acids is 2.